The summed E-state index contributed by atoms with van der Waals surface area (Å²) in [6.45, 7) is 12.6. The molecule has 2 N–H and O–H groups in total. The number of hydrogen-bond donors (Lipinski definition) is 1. The van der Waals surface area contributed by atoms with E-state index in [1.54, 1.807) is 0 Å². The number of esters is 3. The Morgan fingerprint density at radius 3 is 1.57 bits per heavy atom. The number of unbranched alkanes of at least 4 members (excludes halogenated alkanes) is 1. The molecule has 0 rings (SSSR count). The maximum absolute atomic E-state index is 12.8. The molecule has 0 amide bonds. The normalized spacial score (nSPS) is 12.5. The number of nitrogens with zero attached hydrogens (tertiary/aromatic N) is 1. The third-order valence-corrected chi connectivity index (χ3v) is 4.02. The lowest BCUT2D eigenvalue weighted by Crippen LogP contribution is -2.48. The number of ether oxygens (including phenoxy) is 3. The first-order valence-electron chi connectivity index (χ1n) is 11.0. The van der Waals surface area contributed by atoms with E-state index in [0.717, 1.165) is 6.42 Å². The minimum atomic E-state index is -0.742. The Morgan fingerprint density at radius 1 is 0.733 bits per heavy atom. The first-order valence-corrected chi connectivity index (χ1v) is 11.0. The van der Waals surface area contributed by atoms with Gasteiger partial charge in [-0.1, -0.05) is 48.0 Å². The average molecular weight is 431 g/mol. The van der Waals surface area contributed by atoms with E-state index >= 15 is 0 Å². The summed E-state index contributed by atoms with van der Waals surface area (Å²) in [4.78, 5) is 39.0. The van der Waals surface area contributed by atoms with E-state index in [0.29, 0.717) is 19.4 Å². The Labute approximate surface area is 181 Å². The molecule has 8 heteroatoms. The lowest BCUT2D eigenvalue weighted by molar-refractivity contribution is -0.158. The third-order valence-electron chi connectivity index (χ3n) is 4.02. The van der Waals surface area contributed by atoms with Crippen LogP contribution in [0.25, 0.3) is 0 Å². The summed E-state index contributed by atoms with van der Waals surface area (Å²) in [5.74, 6) is -0.862. The van der Waals surface area contributed by atoms with Gasteiger partial charge in [0.2, 0.25) is 0 Å². The Hall–Kier alpha value is -1.67. The molecular formula is C22H42N2O6. The highest BCUT2D eigenvalue weighted by Crippen LogP contribution is 2.13. The van der Waals surface area contributed by atoms with Crippen molar-refractivity contribution in [1.29, 1.82) is 0 Å². The van der Waals surface area contributed by atoms with Gasteiger partial charge in [0.1, 0.15) is 6.04 Å². The number of carbonyl (C=O) groups excluding carboxylic acids is 3. The van der Waals surface area contributed by atoms with Gasteiger partial charge in [-0.05, 0) is 37.1 Å². The largest absolute Gasteiger partial charge is 0.464 e. The van der Waals surface area contributed by atoms with Gasteiger partial charge in [-0.3, -0.25) is 19.3 Å². The van der Waals surface area contributed by atoms with Crippen LogP contribution in [-0.2, 0) is 28.6 Å². The smallest absolute Gasteiger partial charge is 0.323 e. The van der Waals surface area contributed by atoms with E-state index in [1.807, 2.05) is 41.5 Å². The summed E-state index contributed by atoms with van der Waals surface area (Å²) in [6.07, 6.45) is 1.84. The standard InChI is InChI=1S/C22H42N2O6/c1-16(2)13-28-20(25)11-24(12-21(26)29-14-17(3)4)19(9-7-8-10-23)22(27)30-15-18(5)6/h16-19H,7-15,23H2,1-6H3. The second-order valence-corrected chi connectivity index (χ2v) is 8.88. The number of carbonyl (C=O) groups is 3. The summed E-state index contributed by atoms with van der Waals surface area (Å²) in [5, 5.41) is 0. The van der Waals surface area contributed by atoms with Gasteiger partial charge in [-0.25, -0.2) is 0 Å². The second kappa shape index (κ2) is 16.1. The predicted molar refractivity (Wildman–Crippen MR) is 116 cm³/mol. The van der Waals surface area contributed by atoms with Gasteiger partial charge in [0.15, 0.2) is 0 Å². The summed E-state index contributed by atoms with van der Waals surface area (Å²) < 4.78 is 15.9. The summed E-state index contributed by atoms with van der Waals surface area (Å²) >= 11 is 0. The van der Waals surface area contributed by atoms with Crippen LogP contribution in [0.4, 0.5) is 0 Å². The molecule has 0 aromatic rings. The van der Waals surface area contributed by atoms with Crippen molar-refractivity contribution in [3.63, 3.8) is 0 Å². The van der Waals surface area contributed by atoms with Crippen LogP contribution < -0.4 is 5.73 Å². The second-order valence-electron chi connectivity index (χ2n) is 8.88. The molecule has 0 aliphatic rings. The van der Waals surface area contributed by atoms with E-state index < -0.39 is 23.9 Å². The van der Waals surface area contributed by atoms with Gasteiger partial charge >= 0.3 is 17.9 Å². The zero-order valence-electron chi connectivity index (χ0n) is 19.6. The number of nitrogens with two attached hydrogens (primary N) is 1. The monoisotopic (exact) mass is 430 g/mol. The molecule has 0 aromatic heterocycles. The molecule has 8 nitrogen and oxygen atoms in total. The number of rotatable bonds is 16. The molecule has 0 aliphatic heterocycles. The van der Waals surface area contributed by atoms with Gasteiger partial charge in [0, 0.05) is 0 Å². The minimum absolute atomic E-state index is 0.180. The molecule has 176 valence electrons. The van der Waals surface area contributed by atoms with Crippen molar-refractivity contribution in [3.05, 3.63) is 0 Å². The van der Waals surface area contributed by atoms with Gasteiger partial charge in [-0.2, -0.15) is 0 Å². The van der Waals surface area contributed by atoms with Crippen molar-refractivity contribution in [2.75, 3.05) is 39.5 Å². The van der Waals surface area contributed by atoms with Gasteiger partial charge in [0.25, 0.3) is 0 Å². The topological polar surface area (TPSA) is 108 Å². The minimum Gasteiger partial charge on any atom is -0.464 e. The molecule has 0 radical (unpaired) electrons. The average Bonchev–Trinajstić information content (AvgIpc) is 2.65. The molecule has 0 bridgehead atoms. The SMILES string of the molecule is CC(C)COC(=O)CN(CC(=O)OCC(C)C)C(CCCCN)C(=O)OCC(C)C. The van der Waals surface area contributed by atoms with E-state index in [-0.39, 0.29) is 50.7 Å². The molecular weight excluding hydrogens is 388 g/mol. The first kappa shape index (κ1) is 28.3. The molecule has 0 spiro atoms. The summed E-state index contributed by atoms with van der Waals surface area (Å²) in [7, 11) is 0. The zero-order chi connectivity index (χ0) is 23.1. The van der Waals surface area contributed by atoms with Crippen molar-refractivity contribution in [2.24, 2.45) is 23.5 Å². The molecule has 0 aliphatic carbocycles. The fourth-order valence-electron chi connectivity index (χ4n) is 2.49. The van der Waals surface area contributed by atoms with Gasteiger partial charge in [0.05, 0.1) is 32.9 Å². The quantitative estimate of drug-likeness (QED) is 0.226. The van der Waals surface area contributed by atoms with Crippen LogP contribution in [0.5, 0.6) is 0 Å². The predicted octanol–water partition coefficient (Wildman–Crippen LogP) is 2.38. The molecule has 1 unspecified atom stereocenters. The highest BCUT2D eigenvalue weighted by Gasteiger charge is 2.31. The molecule has 30 heavy (non-hydrogen) atoms. The highest BCUT2D eigenvalue weighted by molar-refractivity contribution is 5.80. The van der Waals surface area contributed by atoms with E-state index in [4.69, 9.17) is 19.9 Å². The van der Waals surface area contributed by atoms with E-state index in [2.05, 4.69) is 0 Å². The maximum Gasteiger partial charge on any atom is 0.323 e. The Bertz CT molecular complexity index is 482. The van der Waals surface area contributed by atoms with Crippen LogP contribution in [0.15, 0.2) is 0 Å². The molecule has 1 atom stereocenters. The molecule has 0 fully saturated rings. The van der Waals surface area contributed by atoms with Crippen LogP contribution >= 0.6 is 0 Å². The Morgan fingerprint density at radius 2 is 1.17 bits per heavy atom. The van der Waals surface area contributed by atoms with Crippen LogP contribution in [0.3, 0.4) is 0 Å². The van der Waals surface area contributed by atoms with E-state index in [9.17, 15) is 14.4 Å². The lowest BCUT2D eigenvalue weighted by Gasteiger charge is -2.29. The zero-order valence-corrected chi connectivity index (χ0v) is 19.6. The maximum atomic E-state index is 12.8. The lowest BCUT2D eigenvalue weighted by atomic mass is 10.1. The molecule has 0 heterocycles. The van der Waals surface area contributed by atoms with Crippen LogP contribution in [0, 0.1) is 17.8 Å². The molecule has 0 saturated heterocycles. The summed E-state index contributed by atoms with van der Waals surface area (Å²) in [6, 6.07) is -0.742. The van der Waals surface area contributed by atoms with Crippen LogP contribution in [0.2, 0.25) is 0 Å². The third kappa shape index (κ3) is 14.3. The van der Waals surface area contributed by atoms with Crippen molar-refractivity contribution >= 4 is 17.9 Å². The van der Waals surface area contributed by atoms with Crippen LogP contribution in [0.1, 0.15) is 60.8 Å². The van der Waals surface area contributed by atoms with Crippen molar-refractivity contribution in [1.82, 2.24) is 4.90 Å². The van der Waals surface area contributed by atoms with Crippen molar-refractivity contribution < 1.29 is 28.6 Å². The fourth-order valence-corrected chi connectivity index (χ4v) is 2.49. The van der Waals surface area contributed by atoms with E-state index in [1.165, 1.54) is 4.90 Å². The Kier molecular flexibility index (Phi) is 15.2. The van der Waals surface area contributed by atoms with Gasteiger partial charge < -0.3 is 19.9 Å². The highest BCUT2D eigenvalue weighted by atomic mass is 16.5. The van der Waals surface area contributed by atoms with Crippen molar-refractivity contribution in [2.45, 2.75) is 66.8 Å². The van der Waals surface area contributed by atoms with Crippen LogP contribution in [-0.4, -0.2) is 68.3 Å². The Balaban J connectivity index is 5.36. The number of hydrogen-bond acceptors (Lipinski definition) is 8. The summed E-state index contributed by atoms with van der Waals surface area (Å²) in [5.41, 5.74) is 5.58. The fraction of sp³-hybridized carbons (Fsp3) is 0.864. The molecule has 0 aromatic carbocycles. The van der Waals surface area contributed by atoms with Gasteiger partial charge in [-0.15, -0.1) is 0 Å². The van der Waals surface area contributed by atoms with Crippen molar-refractivity contribution in [3.8, 4) is 0 Å². The first-order chi connectivity index (χ1) is 14.1. The molecule has 0 saturated carbocycles.